The van der Waals surface area contributed by atoms with Crippen molar-refractivity contribution in [2.75, 3.05) is 6.61 Å². The molecule has 0 unspecified atom stereocenters. The van der Waals surface area contributed by atoms with Crippen LogP contribution < -0.4 is 0 Å². The largest absolute Gasteiger partial charge is 0.462 e. The van der Waals surface area contributed by atoms with E-state index < -0.39 is 0 Å². The van der Waals surface area contributed by atoms with Crippen LogP contribution in [0.2, 0.25) is 0 Å². The van der Waals surface area contributed by atoms with Gasteiger partial charge in [-0.2, -0.15) is 0 Å². The summed E-state index contributed by atoms with van der Waals surface area (Å²) in [7, 11) is 0. The van der Waals surface area contributed by atoms with Crippen molar-refractivity contribution < 1.29 is 9.53 Å². The first kappa shape index (κ1) is 19.1. The van der Waals surface area contributed by atoms with Gasteiger partial charge in [0.25, 0.3) is 0 Å². The van der Waals surface area contributed by atoms with Crippen LogP contribution in [0, 0.1) is 13.8 Å². The van der Waals surface area contributed by atoms with E-state index in [0.29, 0.717) is 12.2 Å². The molecule has 0 saturated carbocycles. The third kappa shape index (κ3) is 4.73. The van der Waals surface area contributed by atoms with E-state index in [0.717, 1.165) is 40.6 Å². The van der Waals surface area contributed by atoms with Gasteiger partial charge in [0.15, 0.2) is 0 Å². The molecule has 0 spiro atoms. The molecule has 0 N–H and O–H groups in total. The molecule has 0 bridgehead atoms. The molecule has 0 atom stereocenters. The molecule has 0 radical (unpaired) electrons. The van der Waals surface area contributed by atoms with Crippen molar-refractivity contribution >= 4 is 16.9 Å². The second kappa shape index (κ2) is 8.81. The lowest BCUT2D eigenvalue weighted by atomic mass is 10.0. The van der Waals surface area contributed by atoms with Gasteiger partial charge in [-0.3, -0.25) is 0 Å². The maximum atomic E-state index is 12.8. The smallest absolute Gasteiger partial charge is 0.338 e. The number of ether oxygens (including phenoxy) is 1. The van der Waals surface area contributed by atoms with Gasteiger partial charge in [-0.25, -0.2) is 9.78 Å². The normalized spacial score (nSPS) is 10.9. The van der Waals surface area contributed by atoms with Gasteiger partial charge in [-0.1, -0.05) is 67.6 Å². The van der Waals surface area contributed by atoms with Gasteiger partial charge >= 0.3 is 5.97 Å². The van der Waals surface area contributed by atoms with E-state index in [9.17, 15) is 4.79 Å². The minimum Gasteiger partial charge on any atom is -0.462 e. The highest BCUT2D eigenvalue weighted by Gasteiger charge is 2.15. The number of hydrogen-bond donors (Lipinski definition) is 0. The summed E-state index contributed by atoms with van der Waals surface area (Å²) in [5.41, 5.74) is 5.50. The molecule has 3 rings (SSSR count). The van der Waals surface area contributed by atoms with Gasteiger partial charge in [0.2, 0.25) is 0 Å². The van der Waals surface area contributed by atoms with Crippen molar-refractivity contribution in [1.29, 1.82) is 0 Å². The lowest BCUT2D eigenvalue weighted by molar-refractivity contribution is 0.0500. The number of aromatic nitrogens is 1. The van der Waals surface area contributed by atoms with Crippen molar-refractivity contribution in [2.45, 2.75) is 46.5 Å². The van der Waals surface area contributed by atoms with E-state index in [1.807, 2.05) is 43.3 Å². The average Bonchev–Trinajstić information content (AvgIpc) is 2.67. The van der Waals surface area contributed by atoms with E-state index >= 15 is 0 Å². The van der Waals surface area contributed by atoms with Crippen LogP contribution in [0.3, 0.4) is 0 Å². The first-order valence-corrected chi connectivity index (χ1v) is 9.74. The minimum absolute atomic E-state index is 0.266. The Kier molecular flexibility index (Phi) is 6.23. The predicted octanol–water partition coefficient (Wildman–Crippen LogP) is 6.26. The molecule has 0 aliphatic heterocycles. The third-order valence-corrected chi connectivity index (χ3v) is 4.76. The quantitative estimate of drug-likeness (QED) is 0.368. The fraction of sp³-hybridized carbons (Fsp3) is 0.333. The standard InChI is InChI=1S/C24H27NO2/c1-4-5-6-7-14-27-24(26)21-16-23(19-11-8-17(2)9-12-19)25-22-13-10-18(3)15-20(21)22/h8-13,15-16H,4-7,14H2,1-3H3. The number of aryl methyl sites for hydroxylation is 2. The molecular formula is C24H27NO2. The summed E-state index contributed by atoms with van der Waals surface area (Å²) in [4.78, 5) is 17.6. The fourth-order valence-electron chi connectivity index (χ4n) is 3.15. The van der Waals surface area contributed by atoms with Crippen LogP contribution in [0.15, 0.2) is 48.5 Å². The SMILES string of the molecule is CCCCCCOC(=O)c1cc(-c2ccc(C)cc2)nc2ccc(C)cc12. The van der Waals surface area contributed by atoms with Crippen LogP contribution in [0.4, 0.5) is 0 Å². The zero-order valence-corrected chi connectivity index (χ0v) is 16.4. The first-order chi connectivity index (χ1) is 13.1. The molecule has 3 aromatic rings. The van der Waals surface area contributed by atoms with Gasteiger partial charge in [-0.05, 0) is 38.5 Å². The van der Waals surface area contributed by atoms with Crippen molar-refractivity contribution in [2.24, 2.45) is 0 Å². The highest BCUT2D eigenvalue weighted by Crippen LogP contribution is 2.26. The van der Waals surface area contributed by atoms with Crippen LogP contribution in [0.25, 0.3) is 22.2 Å². The van der Waals surface area contributed by atoms with Crippen molar-refractivity contribution in [1.82, 2.24) is 4.98 Å². The number of pyridine rings is 1. The van der Waals surface area contributed by atoms with Crippen LogP contribution in [0.5, 0.6) is 0 Å². The number of rotatable bonds is 7. The summed E-state index contributed by atoms with van der Waals surface area (Å²) in [5, 5.41) is 0.851. The van der Waals surface area contributed by atoms with E-state index in [1.54, 1.807) is 0 Å². The second-order valence-electron chi connectivity index (χ2n) is 7.14. The number of carbonyl (C=O) groups excluding carboxylic acids is 1. The first-order valence-electron chi connectivity index (χ1n) is 9.74. The Hall–Kier alpha value is -2.68. The van der Waals surface area contributed by atoms with Gasteiger partial charge in [0.05, 0.1) is 23.4 Å². The lowest BCUT2D eigenvalue weighted by Gasteiger charge is -2.11. The molecule has 0 fully saturated rings. The topological polar surface area (TPSA) is 39.2 Å². The van der Waals surface area contributed by atoms with Crippen molar-refractivity contribution in [3.05, 3.63) is 65.2 Å². The summed E-state index contributed by atoms with van der Waals surface area (Å²) in [6, 6.07) is 16.1. The predicted molar refractivity (Wildman–Crippen MR) is 111 cm³/mol. The summed E-state index contributed by atoms with van der Waals surface area (Å²) >= 11 is 0. The average molecular weight is 361 g/mol. The number of hydrogen-bond acceptors (Lipinski definition) is 3. The second-order valence-corrected chi connectivity index (χ2v) is 7.14. The monoisotopic (exact) mass is 361 g/mol. The molecule has 1 heterocycles. The van der Waals surface area contributed by atoms with Crippen molar-refractivity contribution in [3.8, 4) is 11.3 Å². The van der Waals surface area contributed by atoms with E-state index in [-0.39, 0.29) is 5.97 Å². The number of benzene rings is 2. The summed E-state index contributed by atoms with van der Waals surface area (Å²) in [6.45, 7) is 6.72. The van der Waals surface area contributed by atoms with Crippen LogP contribution in [-0.2, 0) is 4.74 Å². The molecule has 3 nitrogen and oxygen atoms in total. The number of carbonyl (C=O) groups is 1. The highest BCUT2D eigenvalue weighted by molar-refractivity contribution is 6.04. The van der Waals surface area contributed by atoms with Crippen LogP contribution >= 0.6 is 0 Å². The van der Waals surface area contributed by atoms with E-state index in [4.69, 9.17) is 9.72 Å². The molecule has 0 aliphatic rings. The van der Waals surface area contributed by atoms with E-state index in [2.05, 4.69) is 26.0 Å². The summed E-state index contributed by atoms with van der Waals surface area (Å²) < 4.78 is 5.57. The molecule has 2 aromatic carbocycles. The highest BCUT2D eigenvalue weighted by atomic mass is 16.5. The molecular weight excluding hydrogens is 334 g/mol. The number of esters is 1. The van der Waals surface area contributed by atoms with E-state index in [1.165, 1.54) is 18.4 Å². The van der Waals surface area contributed by atoms with Gasteiger partial charge < -0.3 is 4.74 Å². The molecule has 0 aliphatic carbocycles. The Morgan fingerprint density at radius 3 is 2.41 bits per heavy atom. The Morgan fingerprint density at radius 2 is 1.67 bits per heavy atom. The zero-order chi connectivity index (χ0) is 19.2. The lowest BCUT2D eigenvalue weighted by Crippen LogP contribution is -2.08. The maximum absolute atomic E-state index is 12.8. The summed E-state index contributed by atoms with van der Waals surface area (Å²) in [5.74, 6) is -0.266. The number of unbranched alkanes of at least 4 members (excludes halogenated alkanes) is 3. The molecule has 27 heavy (non-hydrogen) atoms. The molecule has 140 valence electrons. The van der Waals surface area contributed by atoms with Gasteiger partial charge in [-0.15, -0.1) is 0 Å². The fourth-order valence-corrected chi connectivity index (χ4v) is 3.15. The Bertz CT molecular complexity index is 929. The molecule has 1 aromatic heterocycles. The van der Waals surface area contributed by atoms with Gasteiger partial charge in [0.1, 0.15) is 0 Å². The van der Waals surface area contributed by atoms with Crippen LogP contribution in [0.1, 0.15) is 54.1 Å². The molecule has 0 saturated heterocycles. The minimum atomic E-state index is -0.266. The number of nitrogens with zero attached hydrogens (tertiary/aromatic N) is 1. The number of fused-ring (bicyclic) bond motifs is 1. The third-order valence-electron chi connectivity index (χ3n) is 4.76. The van der Waals surface area contributed by atoms with Gasteiger partial charge in [0, 0.05) is 10.9 Å². The van der Waals surface area contributed by atoms with Crippen molar-refractivity contribution in [3.63, 3.8) is 0 Å². The van der Waals surface area contributed by atoms with Crippen LogP contribution in [-0.4, -0.2) is 17.6 Å². The Morgan fingerprint density at radius 1 is 0.926 bits per heavy atom. The maximum Gasteiger partial charge on any atom is 0.338 e. The summed E-state index contributed by atoms with van der Waals surface area (Å²) in [6.07, 6.45) is 4.34. The zero-order valence-electron chi connectivity index (χ0n) is 16.4. The molecule has 3 heteroatoms. The Balaban J connectivity index is 1.94. The molecule has 0 amide bonds. The Labute approximate surface area is 161 Å².